The molecule has 1 saturated heterocycles. The molecule has 1 aliphatic rings. The molecule has 1 fully saturated rings. The Morgan fingerprint density at radius 1 is 1.65 bits per heavy atom. The second-order valence-corrected chi connectivity index (χ2v) is 4.74. The standard InChI is InChI=1S/C15H19N3O2/c1-2-7-17-15(19)18(12-14-6-4-9-20-14)11-13-5-3-8-16-10-13/h1,3,5,8,10,14H,4,6-7,9,11-12H2,(H,17,19). The van der Waals surface area contributed by atoms with E-state index in [1.165, 1.54) is 0 Å². The average Bonchev–Trinajstić information content (AvgIpc) is 2.98. The lowest BCUT2D eigenvalue weighted by Crippen LogP contribution is -2.43. The highest BCUT2D eigenvalue weighted by atomic mass is 16.5. The first-order valence-corrected chi connectivity index (χ1v) is 6.76. The molecule has 20 heavy (non-hydrogen) atoms. The molecule has 2 heterocycles. The van der Waals surface area contributed by atoms with E-state index in [0.717, 1.165) is 25.0 Å². The van der Waals surface area contributed by atoms with Crippen molar-refractivity contribution in [1.29, 1.82) is 0 Å². The number of pyridine rings is 1. The Morgan fingerprint density at radius 2 is 2.55 bits per heavy atom. The molecule has 1 aromatic heterocycles. The third-order valence-corrected chi connectivity index (χ3v) is 3.17. The van der Waals surface area contributed by atoms with E-state index in [1.807, 2.05) is 12.1 Å². The van der Waals surface area contributed by atoms with Crippen molar-refractivity contribution in [1.82, 2.24) is 15.2 Å². The first-order valence-electron chi connectivity index (χ1n) is 6.76. The van der Waals surface area contributed by atoms with Gasteiger partial charge in [0.25, 0.3) is 0 Å². The molecule has 0 bridgehead atoms. The smallest absolute Gasteiger partial charge is 0.318 e. The molecule has 1 unspecified atom stereocenters. The van der Waals surface area contributed by atoms with Gasteiger partial charge in [-0.25, -0.2) is 4.79 Å². The van der Waals surface area contributed by atoms with Crippen LogP contribution in [-0.2, 0) is 11.3 Å². The number of amides is 2. The number of nitrogens with one attached hydrogen (secondary N) is 1. The minimum atomic E-state index is -0.165. The molecule has 2 amide bonds. The molecule has 5 nitrogen and oxygen atoms in total. The summed E-state index contributed by atoms with van der Waals surface area (Å²) >= 11 is 0. The molecule has 1 aromatic rings. The summed E-state index contributed by atoms with van der Waals surface area (Å²) in [6.45, 7) is 2.08. The van der Waals surface area contributed by atoms with Crippen LogP contribution in [0.2, 0.25) is 0 Å². The number of aromatic nitrogens is 1. The van der Waals surface area contributed by atoms with Gasteiger partial charge in [-0.15, -0.1) is 6.42 Å². The molecule has 0 radical (unpaired) electrons. The van der Waals surface area contributed by atoms with Crippen LogP contribution in [0.15, 0.2) is 24.5 Å². The Morgan fingerprint density at radius 3 is 3.20 bits per heavy atom. The van der Waals surface area contributed by atoms with Crippen LogP contribution in [0, 0.1) is 12.3 Å². The van der Waals surface area contributed by atoms with Crippen LogP contribution < -0.4 is 5.32 Å². The summed E-state index contributed by atoms with van der Waals surface area (Å²) < 4.78 is 5.60. The molecule has 1 N–H and O–H groups in total. The molecular weight excluding hydrogens is 254 g/mol. The van der Waals surface area contributed by atoms with Gasteiger partial charge >= 0.3 is 6.03 Å². The Bertz CT molecular complexity index is 464. The highest BCUT2D eigenvalue weighted by molar-refractivity contribution is 5.74. The van der Waals surface area contributed by atoms with Crippen molar-refractivity contribution < 1.29 is 9.53 Å². The predicted octanol–water partition coefficient (Wildman–Crippen LogP) is 1.41. The van der Waals surface area contributed by atoms with E-state index in [9.17, 15) is 4.79 Å². The van der Waals surface area contributed by atoms with Crippen LogP contribution in [0.1, 0.15) is 18.4 Å². The summed E-state index contributed by atoms with van der Waals surface area (Å²) in [6.07, 6.45) is 10.8. The lowest BCUT2D eigenvalue weighted by atomic mass is 10.2. The number of nitrogens with zero attached hydrogens (tertiary/aromatic N) is 2. The van der Waals surface area contributed by atoms with E-state index in [1.54, 1.807) is 17.3 Å². The third-order valence-electron chi connectivity index (χ3n) is 3.17. The number of rotatable bonds is 5. The first kappa shape index (κ1) is 14.4. The molecule has 106 valence electrons. The maximum absolute atomic E-state index is 12.1. The largest absolute Gasteiger partial charge is 0.376 e. The van der Waals surface area contributed by atoms with Crippen molar-refractivity contribution in [3.8, 4) is 12.3 Å². The lowest BCUT2D eigenvalue weighted by Gasteiger charge is -2.25. The second kappa shape index (κ2) is 7.51. The van der Waals surface area contributed by atoms with Crippen LogP contribution >= 0.6 is 0 Å². The van der Waals surface area contributed by atoms with Gasteiger partial charge in [-0.1, -0.05) is 12.0 Å². The van der Waals surface area contributed by atoms with E-state index in [2.05, 4.69) is 16.2 Å². The zero-order chi connectivity index (χ0) is 14.2. The third kappa shape index (κ3) is 4.25. The Hall–Kier alpha value is -2.06. The fraction of sp³-hybridized carbons (Fsp3) is 0.467. The molecule has 5 heteroatoms. The van der Waals surface area contributed by atoms with Crippen LogP contribution in [0.5, 0.6) is 0 Å². The van der Waals surface area contributed by atoms with E-state index in [-0.39, 0.29) is 18.7 Å². The number of terminal acetylenes is 1. The Kier molecular flexibility index (Phi) is 5.39. The molecule has 0 aromatic carbocycles. The van der Waals surface area contributed by atoms with Crippen molar-refractivity contribution >= 4 is 6.03 Å². The number of hydrogen-bond donors (Lipinski definition) is 1. The minimum absolute atomic E-state index is 0.114. The van der Waals surface area contributed by atoms with Crippen molar-refractivity contribution in [3.05, 3.63) is 30.1 Å². The SMILES string of the molecule is C#CCNC(=O)N(Cc1cccnc1)CC1CCCO1. The monoisotopic (exact) mass is 273 g/mol. The fourth-order valence-corrected chi connectivity index (χ4v) is 2.20. The molecule has 1 aliphatic heterocycles. The quantitative estimate of drug-likeness (QED) is 0.825. The van der Waals surface area contributed by atoms with Gasteiger partial charge in [0, 0.05) is 32.1 Å². The van der Waals surface area contributed by atoms with Gasteiger partial charge in [-0.3, -0.25) is 4.98 Å². The zero-order valence-corrected chi connectivity index (χ0v) is 11.4. The van der Waals surface area contributed by atoms with Crippen molar-refractivity contribution in [2.24, 2.45) is 0 Å². The van der Waals surface area contributed by atoms with Gasteiger partial charge in [-0.2, -0.15) is 0 Å². The predicted molar refractivity (Wildman–Crippen MR) is 75.9 cm³/mol. The second-order valence-electron chi connectivity index (χ2n) is 4.74. The van der Waals surface area contributed by atoms with Crippen LogP contribution in [-0.4, -0.2) is 41.7 Å². The summed E-state index contributed by atoms with van der Waals surface area (Å²) in [4.78, 5) is 17.9. The summed E-state index contributed by atoms with van der Waals surface area (Å²) in [5.74, 6) is 2.41. The first-order chi connectivity index (χ1) is 9.79. The highest BCUT2D eigenvalue weighted by Gasteiger charge is 2.22. The Balaban J connectivity index is 1.98. The van der Waals surface area contributed by atoms with Crippen molar-refractivity contribution in [3.63, 3.8) is 0 Å². The fourth-order valence-electron chi connectivity index (χ4n) is 2.20. The molecule has 0 saturated carbocycles. The van der Waals surface area contributed by atoms with Crippen LogP contribution in [0.3, 0.4) is 0 Å². The van der Waals surface area contributed by atoms with Gasteiger partial charge in [-0.05, 0) is 24.5 Å². The topological polar surface area (TPSA) is 54.5 Å². The van der Waals surface area contributed by atoms with E-state index < -0.39 is 0 Å². The maximum Gasteiger partial charge on any atom is 0.318 e. The van der Waals surface area contributed by atoms with Crippen LogP contribution in [0.25, 0.3) is 0 Å². The molecule has 0 spiro atoms. The van der Waals surface area contributed by atoms with Gasteiger partial charge < -0.3 is 15.0 Å². The summed E-state index contributed by atoms with van der Waals surface area (Å²) in [6, 6.07) is 3.64. The normalized spacial score (nSPS) is 17.4. The summed E-state index contributed by atoms with van der Waals surface area (Å²) in [5, 5.41) is 2.70. The Labute approximate surface area is 119 Å². The number of urea groups is 1. The maximum atomic E-state index is 12.1. The number of carbonyl (C=O) groups excluding carboxylic acids is 1. The van der Waals surface area contributed by atoms with Crippen molar-refractivity contribution in [2.75, 3.05) is 19.7 Å². The zero-order valence-electron chi connectivity index (χ0n) is 11.4. The summed E-state index contributed by atoms with van der Waals surface area (Å²) in [7, 11) is 0. The van der Waals surface area contributed by atoms with Gasteiger partial charge in [0.2, 0.25) is 0 Å². The molecule has 1 atom stereocenters. The van der Waals surface area contributed by atoms with E-state index in [0.29, 0.717) is 13.1 Å². The number of carbonyl (C=O) groups is 1. The highest BCUT2D eigenvalue weighted by Crippen LogP contribution is 2.15. The van der Waals surface area contributed by atoms with Crippen molar-refractivity contribution in [2.45, 2.75) is 25.5 Å². The van der Waals surface area contributed by atoms with E-state index in [4.69, 9.17) is 11.2 Å². The van der Waals surface area contributed by atoms with E-state index >= 15 is 0 Å². The molecule has 2 rings (SSSR count). The van der Waals surface area contributed by atoms with Gasteiger partial charge in [0.05, 0.1) is 12.6 Å². The lowest BCUT2D eigenvalue weighted by molar-refractivity contribution is 0.0796. The van der Waals surface area contributed by atoms with Gasteiger partial charge in [0.15, 0.2) is 0 Å². The van der Waals surface area contributed by atoms with Gasteiger partial charge in [0.1, 0.15) is 0 Å². The van der Waals surface area contributed by atoms with Crippen LogP contribution in [0.4, 0.5) is 4.79 Å². The number of hydrogen-bond acceptors (Lipinski definition) is 3. The average molecular weight is 273 g/mol. The summed E-state index contributed by atoms with van der Waals surface area (Å²) in [5.41, 5.74) is 0.987. The molecular formula is C15H19N3O2. The number of ether oxygens (including phenoxy) is 1. The minimum Gasteiger partial charge on any atom is -0.376 e. The molecule has 0 aliphatic carbocycles.